The van der Waals surface area contributed by atoms with Crippen molar-refractivity contribution in [2.24, 2.45) is 0 Å². The highest BCUT2D eigenvalue weighted by Gasteiger charge is 2.37. The lowest BCUT2D eigenvalue weighted by molar-refractivity contribution is -0.159. The molecule has 196 valence electrons. The maximum atomic E-state index is 13.6. The molecule has 37 heavy (non-hydrogen) atoms. The van der Waals surface area contributed by atoms with Crippen LogP contribution >= 0.6 is 11.8 Å². The van der Waals surface area contributed by atoms with Crippen molar-refractivity contribution in [2.75, 3.05) is 32.1 Å². The first-order valence-electron chi connectivity index (χ1n) is 11.2. The number of rotatable bonds is 5. The van der Waals surface area contributed by atoms with Gasteiger partial charge >= 0.3 is 18.1 Å². The van der Waals surface area contributed by atoms with E-state index in [4.69, 9.17) is 19.8 Å². The second-order valence-electron chi connectivity index (χ2n) is 8.51. The molecule has 3 aromatic rings. The van der Waals surface area contributed by atoms with Crippen LogP contribution < -0.4 is 4.90 Å². The SMILES string of the molecule is CN(C)CCCN1C(=O)C(c2cccc(C(F)(F)F)c2)Sc2ccc3ccccc3c21.O=C(O)C(=O)O. The Hall–Kier alpha value is -3.57. The number of carboxylic acid groups (broad SMARTS) is 2. The van der Waals surface area contributed by atoms with Crippen LogP contribution in [0.15, 0.2) is 65.6 Å². The maximum absolute atomic E-state index is 13.6. The largest absolute Gasteiger partial charge is 0.473 e. The number of amides is 1. The molecule has 0 fully saturated rings. The number of hydrogen-bond donors (Lipinski definition) is 2. The number of aliphatic carboxylic acids is 2. The van der Waals surface area contributed by atoms with Gasteiger partial charge in [-0.2, -0.15) is 13.2 Å². The Balaban J connectivity index is 0.000000568. The number of alkyl halides is 3. The van der Waals surface area contributed by atoms with Crippen molar-refractivity contribution < 1.29 is 37.8 Å². The first kappa shape index (κ1) is 28.0. The highest BCUT2D eigenvalue weighted by Crippen LogP contribution is 2.49. The van der Waals surface area contributed by atoms with E-state index in [1.807, 2.05) is 50.5 Å². The van der Waals surface area contributed by atoms with Gasteiger partial charge in [-0.15, -0.1) is 11.8 Å². The predicted octanol–water partition coefficient (Wildman–Crippen LogP) is 5.15. The lowest BCUT2D eigenvalue weighted by Gasteiger charge is -2.35. The topological polar surface area (TPSA) is 98.2 Å². The number of carboxylic acids is 2. The number of nitrogens with zero attached hydrogens (tertiary/aromatic N) is 2. The van der Waals surface area contributed by atoms with Gasteiger partial charge < -0.3 is 20.0 Å². The van der Waals surface area contributed by atoms with E-state index in [-0.39, 0.29) is 5.91 Å². The molecule has 1 atom stereocenters. The molecule has 11 heteroatoms. The van der Waals surface area contributed by atoms with Crippen LogP contribution in [-0.4, -0.2) is 60.1 Å². The molecule has 7 nitrogen and oxygen atoms in total. The third-order valence-corrected chi connectivity index (χ3v) is 6.85. The Morgan fingerprint density at radius 3 is 2.30 bits per heavy atom. The molecule has 4 rings (SSSR count). The van der Waals surface area contributed by atoms with E-state index in [0.717, 1.165) is 46.5 Å². The third-order valence-electron chi connectivity index (χ3n) is 5.56. The van der Waals surface area contributed by atoms with E-state index in [0.29, 0.717) is 12.1 Å². The molecule has 1 amide bonds. The van der Waals surface area contributed by atoms with Crippen LogP contribution in [0.5, 0.6) is 0 Å². The van der Waals surface area contributed by atoms with Crippen molar-refractivity contribution in [1.82, 2.24) is 4.90 Å². The van der Waals surface area contributed by atoms with Crippen LogP contribution in [0.1, 0.15) is 22.8 Å². The highest BCUT2D eigenvalue weighted by atomic mass is 32.2. The van der Waals surface area contributed by atoms with E-state index >= 15 is 0 Å². The monoisotopic (exact) mass is 534 g/mol. The fraction of sp³-hybridized carbons (Fsp3) is 0.269. The molecule has 0 saturated carbocycles. The molecule has 0 saturated heterocycles. The van der Waals surface area contributed by atoms with E-state index in [1.165, 1.54) is 17.8 Å². The zero-order valence-corrected chi connectivity index (χ0v) is 20.8. The van der Waals surface area contributed by atoms with Crippen LogP contribution in [0, 0.1) is 0 Å². The molecule has 0 bridgehead atoms. The number of thioether (sulfide) groups is 1. The first-order valence-corrected chi connectivity index (χ1v) is 12.1. The number of fused-ring (bicyclic) bond motifs is 3. The Morgan fingerprint density at radius 1 is 1.00 bits per heavy atom. The minimum atomic E-state index is -4.45. The Morgan fingerprint density at radius 2 is 1.68 bits per heavy atom. The molecule has 0 radical (unpaired) electrons. The summed E-state index contributed by atoms with van der Waals surface area (Å²) in [6.45, 7) is 1.32. The Bertz CT molecular complexity index is 1300. The fourth-order valence-corrected chi connectivity index (χ4v) is 5.14. The van der Waals surface area contributed by atoms with Crippen molar-refractivity contribution >= 4 is 46.1 Å². The molecule has 1 unspecified atom stereocenters. The van der Waals surface area contributed by atoms with Crippen LogP contribution in [0.25, 0.3) is 10.8 Å². The summed E-state index contributed by atoms with van der Waals surface area (Å²) in [5.41, 5.74) is 0.498. The van der Waals surface area contributed by atoms with E-state index in [2.05, 4.69) is 4.90 Å². The summed E-state index contributed by atoms with van der Waals surface area (Å²) in [6, 6.07) is 17.0. The fourth-order valence-electron chi connectivity index (χ4n) is 3.89. The van der Waals surface area contributed by atoms with Gasteiger partial charge in [-0.1, -0.05) is 48.5 Å². The number of carbonyl (C=O) groups is 3. The summed E-state index contributed by atoms with van der Waals surface area (Å²) in [5, 5.41) is 16.1. The van der Waals surface area contributed by atoms with Crippen molar-refractivity contribution in [2.45, 2.75) is 22.7 Å². The van der Waals surface area contributed by atoms with Crippen LogP contribution in [-0.2, 0) is 20.6 Å². The minimum absolute atomic E-state index is 0.174. The van der Waals surface area contributed by atoms with E-state index in [9.17, 15) is 18.0 Å². The zero-order valence-electron chi connectivity index (χ0n) is 20.0. The molecule has 1 heterocycles. The lowest BCUT2D eigenvalue weighted by Crippen LogP contribution is -2.39. The van der Waals surface area contributed by atoms with Crippen molar-refractivity contribution in [3.05, 3.63) is 71.8 Å². The average molecular weight is 535 g/mol. The third kappa shape index (κ3) is 6.80. The minimum Gasteiger partial charge on any atom is -0.473 e. The van der Waals surface area contributed by atoms with Crippen LogP contribution in [0.4, 0.5) is 18.9 Å². The van der Waals surface area contributed by atoms with Gasteiger partial charge in [0.25, 0.3) is 0 Å². The molecule has 3 aromatic carbocycles. The van der Waals surface area contributed by atoms with Crippen molar-refractivity contribution in [3.8, 4) is 0 Å². The van der Waals surface area contributed by atoms with Gasteiger partial charge in [0.05, 0.1) is 11.3 Å². The van der Waals surface area contributed by atoms with Gasteiger partial charge in [0, 0.05) is 16.8 Å². The smallest absolute Gasteiger partial charge is 0.416 e. The quantitative estimate of drug-likeness (QED) is 0.437. The van der Waals surface area contributed by atoms with Crippen LogP contribution in [0.3, 0.4) is 0 Å². The molecule has 1 aliphatic rings. The van der Waals surface area contributed by atoms with E-state index < -0.39 is 28.9 Å². The second-order valence-corrected chi connectivity index (χ2v) is 9.66. The first-order chi connectivity index (χ1) is 17.4. The molecule has 2 N–H and O–H groups in total. The number of anilines is 1. The van der Waals surface area contributed by atoms with Gasteiger partial charge in [0.15, 0.2) is 0 Å². The van der Waals surface area contributed by atoms with Crippen LogP contribution in [0.2, 0.25) is 0 Å². The molecular weight excluding hydrogens is 509 g/mol. The van der Waals surface area contributed by atoms with E-state index in [1.54, 1.807) is 11.0 Å². The summed E-state index contributed by atoms with van der Waals surface area (Å²) in [6.07, 6.45) is -3.68. The summed E-state index contributed by atoms with van der Waals surface area (Å²) in [4.78, 5) is 36.5. The molecule has 0 aromatic heterocycles. The molecular formula is C26H25F3N2O5S. The summed E-state index contributed by atoms with van der Waals surface area (Å²) in [5.74, 6) is -3.82. The number of halogens is 3. The van der Waals surface area contributed by atoms with Gasteiger partial charge in [-0.3, -0.25) is 4.79 Å². The number of carbonyl (C=O) groups excluding carboxylic acids is 1. The summed E-state index contributed by atoms with van der Waals surface area (Å²) < 4.78 is 39.8. The summed E-state index contributed by atoms with van der Waals surface area (Å²) in [7, 11) is 3.95. The van der Waals surface area contributed by atoms with Gasteiger partial charge in [0.1, 0.15) is 5.25 Å². The van der Waals surface area contributed by atoms with Crippen molar-refractivity contribution in [3.63, 3.8) is 0 Å². The number of hydrogen-bond acceptors (Lipinski definition) is 5. The summed E-state index contributed by atoms with van der Waals surface area (Å²) >= 11 is 1.33. The highest BCUT2D eigenvalue weighted by molar-refractivity contribution is 8.00. The molecule has 1 aliphatic heterocycles. The molecule has 0 spiro atoms. The Labute approximate surface area is 215 Å². The predicted molar refractivity (Wildman–Crippen MR) is 135 cm³/mol. The standard InChI is InChI=1S/C24H23F3N2OS.C2H2O4/c1-28(2)13-6-14-29-21-19-10-4-3-7-16(19)11-12-20(21)31-22(23(29)30)17-8-5-9-18(15-17)24(25,26)27;3-1(4)2(5)6/h3-5,7-12,15,22H,6,13-14H2,1-2H3;(H,3,4)(H,5,6). The maximum Gasteiger partial charge on any atom is 0.416 e. The van der Waals surface area contributed by atoms with Crippen molar-refractivity contribution in [1.29, 1.82) is 0 Å². The zero-order chi connectivity index (χ0) is 27.3. The normalized spacial score (nSPS) is 15.2. The average Bonchev–Trinajstić information content (AvgIpc) is 2.84. The van der Waals surface area contributed by atoms with Gasteiger partial charge in [-0.25, -0.2) is 9.59 Å². The van der Waals surface area contributed by atoms with Gasteiger partial charge in [0.2, 0.25) is 5.91 Å². The molecule has 0 aliphatic carbocycles. The van der Waals surface area contributed by atoms with Gasteiger partial charge in [-0.05, 0) is 50.1 Å². The Kier molecular flexibility index (Phi) is 8.82. The number of benzene rings is 3. The second kappa shape index (κ2) is 11.7. The lowest BCUT2D eigenvalue weighted by atomic mass is 10.0.